The average molecular weight is 368 g/mol. The zero-order valence-corrected chi connectivity index (χ0v) is 14.5. The van der Waals surface area contributed by atoms with Gasteiger partial charge in [0.05, 0.1) is 36.6 Å². The Kier molecular flexibility index (Phi) is 4.45. The van der Waals surface area contributed by atoms with Crippen molar-refractivity contribution in [2.45, 2.75) is 0 Å². The maximum atomic E-state index is 14.5. The van der Waals surface area contributed by atoms with E-state index in [0.29, 0.717) is 32.0 Å². The van der Waals surface area contributed by atoms with Crippen molar-refractivity contribution in [3.05, 3.63) is 65.0 Å². The molecule has 0 spiro atoms. The molecule has 2 amide bonds. The van der Waals surface area contributed by atoms with Crippen LogP contribution in [0.1, 0.15) is 31.1 Å². The standard InChI is InChI=1S/C20H17FN2O4/c21-16-11-13(5-6-17(16)22-7-9-27-10-8-22)18(24)12-23-19(25)14-3-1-2-4-15(14)20(23)26/h1-6,11H,7-10,12H2. The van der Waals surface area contributed by atoms with Crippen LogP contribution in [0.15, 0.2) is 42.5 Å². The fourth-order valence-corrected chi connectivity index (χ4v) is 3.36. The average Bonchev–Trinajstić information content (AvgIpc) is 2.94. The van der Waals surface area contributed by atoms with E-state index in [1.807, 2.05) is 4.90 Å². The largest absolute Gasteiger partial charge is 0.378 e. The van der Waals surface area contributed by atoms with Crippen LogP contribution in [0.3, 0.4) is 0 Å². The number of fused-ring (bicyclic) bond motifs is 1. The van der Waals surface area contributed by atoms with Crippen LogP contribution in [-0.2, 0) is 4.74 Å². The lowest BCUT2D eigenvalue weighted by Gasteiger charge is -2.29. The molecule has 0 saturated carbocycles. The highest BCUT2D eigenvalue weighted by Gasteiger charge is 2.36. The SMILES string of the molecule is O=C(CN1C(=O)c2ccccc2C1=O)c1ccc(N2CCOCC2)c(F)c1. The van der Waals surface area contributed by atoms with Crippen molar-refractivity contribution < 1.29 is 23.5 Å². The summed E-state index contributed by atoms with van der Waals surface area (Å²) >= 11 is 0. The lowest BCUT2D eigenvalue weighted by atomic mass is 10.1. The summed E-state index contributed by atoms with van der Waals surface area (Å²) in [6, 6.07) is 10.7. The highest BCUT2D eigenvalue weighted by molar-refractivity contribution is 6.23. The highest BCUT2D eigenvalue weighted by atomic mass is 19.1. The molecule has 2 aliphatic heterocycles. The van der Waals surface area contributed by atoms with Gasteiger partial charge in [0.1, 0.15) is 5.82 Å². The van der Waals surface area contributed by atoms with E-state index < -0.39 is 30.0 Å². The summed E-state index contributed by atoms with van der Waals surface area (Å²) in [6.07, 6.45) is 0. The Balaban J connectivity index is 1.51. The molecule has 1 fully saturated rings. The quantitative estimate of drug-likeness (QED) is 0.611. The van der Waals surface area contributed by atoms with Crippen molar-refractivity contribution in [1.82, 2.24) is 4.90 Å². The van der Waals surface area contributed by atoms with Gasteiger partial charge < -0.3 is 9.64 Å². The number of imide groups is 1. The van der Waals surface area contributed by atoms with Crippen molar-refractivity contribution in [1.29, 1.82) is 0 Å². The molecule has 0 aromatic heterocycles. The first-order valence-corrected chi connectivity index (χ1v) is 8.67. The van der Waals surface area contributed by atoms with Gasteiger partial charge in [-0.15, -0.1) is 0 Å². The number of morpholine rings is 1. The summed E-state index contributed by atoms with van der Waals surface area (Å²) in [4.78, 5) is 40.0. The number of ketones is 1. The number of rotatable bonds is 4. The van der Waals surface area contributed by atoms with E-state index >= 15 is 0 Å². The predicted octanol–water partition coefficient (Wildman–Crippen LogP) is 2.14. The minimum absolute atomic E-state index is 0.126. The van der Waals surface area contributed by atoms with Crippen LogP contribution < -0.4 is 4.90 Å². The zero-order chi connectivity index (χ0) is 19.0. The van der Waals surface area contributed by atoms with Crippen LogP contribution in [0.4, 0.5) is 10.1 Å². The van der Waals surface area contributed by atoms with E-state index in [1.54, 1.807) is 30.3 Å². The van der Waals surface area contributed by atoms with E-state index in [4.69, 9.17) is 4.74 Å². The maximum absolute atomic E-state index is 14.5. The summed E-state index contributed by atoms with van der Waals surface area (Å²) in [5.41, 5.74) is 1.10. The molecule has 0 aliphatic carbocycles. The van der Waals surface area contributed by atoms with Gasteiger partial charge in [0, 0.05) is 18.7 Å². The van der Waals surface area contributed by atoms with Crippen LogP contribution in [0.5, 0.6) is 0 Å². The number of nitrogens with zero attached hydrogens (tertiary/aromatic N) is 2. The molecule has 0 N–H and O–H groups in total. The molecule has 0 bridgehead atoms. The number of halogens is 1. The van der Waals surface area contributed by atoms with Gasteiger partial charge in [-0.3, -0.25) is 19.3 Å². The summed E-state index contributed by atoms with van der Waals surface area (Å²) < 4.78 is 19.8. The molecule has 27 heavy (non-hydrogen) atoms. The predicted molar refractivity (Wildman–Crippen MR) is 95.6 cm³/mol. The molecular weight excluding hydrogens is 351 g/mol. The molecule has 2 aromatic carbocycles. The van der Waals surface area contributed by atoms with E-state index in [-0.39, 0.29) is 16.7 Å². The van der Waals surface area contributed by atoms with Gasteiger partial charge in [0.2, 0.25) is 0 Å². The molecular formula is C20H17FN2O4. The molecule has 0 unspecified atom stereocenters. The minimum atomic E-state index is -0.509. The Hall–Kier alpha value is -3.06. The normalized spacial score (nSPS) is 16.6. The van der Waals surface area contributed by atoms with Gasteiger partial charge in [-0.25, -0.2) is 4.39 Å². The number of carbonyl (C=O) groups excluding carboxylic acids is 3. The highest BCUT2D eigenvalue weighted by Crippen LogP contribution is 2.24. The number of Topliss-reactive ketones (excluding diaryl/α,β-unsaturated/α-hetero) is 1. The molecule has 7 heteroatoms. The smallest absolute Gasteiger partial charge is 0.261 e. The first-order valence-electron chi connectivity index (χ1n) is 8.67. The van der Waals surface area contributed by atoms with Gasteiger partial charge >= 0.3 is 0 Å². The van der Waals surface area contributed by atoms with Crippen LogP contribution in [0.25, 0.3) is 0 Å². The van der Waals surface area contributed by atoms with E-state index in [0.717, 1.165) is 11.0 Å². The maximum Gasteiger partial charge on any atom is 0.261 e. The van der Waals surface area contributed by atoms with Gasteiger partial charge in [0.15, 0.2) is 5.78 Å². The summed E-state index contributed by atoms with van der Waals surface area (Å²) in [6.45, 7) is 1.81. The third-order valence-corrected chi connectivity index (χ3v) is 4.80. The Labute approximate surface area is 155 Å². The van der Waals surface area contributed by atoms with E-state index in [1.165, 1.54) is 6.07 Å². The summed E-state index contributed by atoms with van der Waals surface area (Å²) in [5, 5.41) is 0. The van der Waals surface area contributed by atoms with Crippen molar-refractivity contribution in [3.63, 3.8) is 0 Å². The summed E-state index contributed by atoms with van der Waals surface area (Å²) in [5.74, 6) is -2.01. The Bertz CT molecular complexity index is 902. The number of anilines is 1. The van der Waals surface area contributed by atoms with Crippen molar-refractivity contribution in [2.24, 2.45) is 0 Å². The van der Waals surface area contributed by atoms with Crippen molar-refractivity contribution >= 4 is 23.3 Å². The number of ether oxygens (including phenoxy) is 1. The molecule has 2 aromatic rings. The second-order valence-electron chi connectivity index (χ2n) is 6.43. The fourth-order valence-electron chi connectivity index (χ4n) is 3.36. The second-order valence-corrected chi connectivity index (χ2v) is 6.43. The van der Waals surface area contributed by atoms with Crippen molar-refractivity contribution in [2.75, 3.05) is 37.7 Å². The Morgan fingerprint density at radius 3 is 2.22 bits per heavy atom. The third kappa shape index (κ3) is 3.10. The van der Waals surface area contributed by atoms with Crippen LogP contribution in [-0.4, -0.2) is 55.3 Å². The molecule has 138 valence electrons. The molecule has 1 saturated heterocycles. The zero-order valence-electron chi connectivity index (χ0n) is 14.5. The van der Waals surface area contributed by atoms with Crippen LogP contribution in [0, 0.1) is 5.82 Å². The summed E-state index contributed by atoms with van der Waals surface area (Å²) in [7, 11) is 0. The van der Waals surface area contributed by atoms with Crippen LogP contribution >= 0.6 is 0 Å². The monoisotopic (exact) mass is 368 g/mol. The van der Waals surface area contributed by atoms with Crippen LogP contribution in [0.2, 0.25) is 0 Å². The lowest BCUT2D eigenvalue weighted by molar-refractivity contribution is 0.0624. The number of carbonyl (C=O) groups is 3. The third-order valence-electron chi connectivity index (χ3n) is 4.80. The number of benzene rings is 2. The molecule has 4 rings (SSSR count). The van der Waals surface area contributed by atoms with Gasteiger partial charge in [-0.05, 0) is 30.3 Å². The number of amides is 2. The molecule has 2 heterocycles. The van der Waals surface area contributed by atoms with E-state index in [2.05, 4.69) is 0 Å². The first-order chi connectivity index (χ1) is 13.1. The topological polar surface area (TPSA) is 66.9 Å². The number of hydrogen-bond donors (Lipinski definition) is 0. The fraction of sp³-hybridized carbons (Fsp3) is 0.250. The Morgan fingerprint density at radius 1 is 1.00 bits per heavy atom. The Morgan fingerprint density at radius 2 is 1.63 bits per heavy atom. The van der Waals surface area contributed by atoms with Crippen molar-refractivity contribution in [3.8, 4) is 0 Å². The molecule has 2 aliphatic rings. The van der Waals surface area contributed by atoms with Gasteiger partial charge in [-0.2, -0.15) is 0 Å². The first kappa shape index (κ1) is 17.4. The van der Waals surface area contributed by atoms with E-state index in [9.17, 15) is 18.8 Å². The van der Waals surface area contributed by atoms with Gasteiger partial charge in [-0.1, -0.05) is 12.1 Å². The molecule has 0 atom stereocenters. The molecule has 0 radical (unpaired) electrons. The second kappa shape index (κ2) is 6.92. The minimum Gasteiger partial charge on any atom is -0.378 e. The lowest BCUT2D eigenvalue weighted by Crippen LogP contribution is -2.37. The van der Waals surface area contributed by atoms with Gasteiger partial charge in [0.25, 0.3) is 11.8 Å². The number of hydrogen-bond acceptors (Lipinski definition) is 5. The molecule has 6 nitrogen and oxygen atoms in total.